The van der Waals surface area contributed by atoms with Crippen LogP contribution in [0.5, 0.6) is 0 Å². The van der Waals surface area contributed by atoms with Crippen LogP contribution in [0.15, 0.2) is 59.7 Å². The summed E-state index contributed by atoms with van der Waals surface area (Å²) in [6.07, 6.45) is 0.652. The third kappa shape index (κ3) is 4.58. The van der Waals surface area contributed by atoms with Crippen molar-refractivity contribution in [2.45, 2.75) is 44.3 Å². The van der Waals surface area contributed by atoms with Crippen LogP contribution in [0.1, 0.15) is 36.0 Å². The fourth-order valence-corrected chi connectivity index (χ4v) is 3.83. The highest BCUT2D eigenvalue weighted by atomic mass is 16.5. The number of methoxy groups -OCH3 is 1. The molecule has 0 N–H and O–H groups in total. The Kier molecular flexibility index (Phi) is 6.52. The van der Waals surface area contributed by atoms with E-state index in [1.807, 2.05) is 61.5 Å². The van der Waals surface area contributed by atoms with Gasteiger partial charge in [-0.25, -0.2) is 0 Å². The molecule has 3 rings (SSSR count). The molecule has 1 heterocycles. The summed E-state index contributed by atoms with van der Waals surface area (Å²) in [5.74, 6) is -0.943. The zero-order valence-electron chi connectivity index (χ0n) is 16.6. The molecule has 3 atom stereocenters. The molecule has 2 aromatic carbocycles. The van der Waals surface area contributed by atoms with E-state index in [4.69, 9.17) is 10.3 Å². The summed E-state index contributed by atoms with van der Waals surface area (Å²) in [5.41, 5.74) is 12.2. The summed E-state index contributed by atoms with van der Waals surface area (Å²) < 4.78 is 4.83. The Hall–Kier alpha value is -3.31. The Bertz CT molecular complexity index is 925. The van der Waals surface area contributed by atoms with Crippen molar-refractivity contribution in [2.24, 2.45) is 5.11 Å². The Balaban J connectivity index is 1.93. The van der Waals surface area contributed by atoms with E-state index in [1.54, 1.807) is 4.90 Å². The molecule has 7 heteroatoms. The number of esters is 1. The molecule has 0 fully saturated rings. The number of benzene rings is 2. The predicted molar refractivity (Wildman–Crippen MR) is 109 cm³/mol. The van der Waals surface area contributed by atoms with Crippen LogP contribution in [0, 0.1) is 0 Å². The zero-order chi connectivity index (χ0) is 20.8. The number of fused-ring (bicyclic) bond motifs is 1. The number of rotatable bonds is 6. The van der Waals surface area contributed by atoms with Gasteiger partial charge in [-0.15, -0.1) is 0 Å². The van der Waals surface area contributed by atoms with Crippen LogP contribution in [0.2, 0.25) is 0 Å². The fourth-order valence-electron chi connectivity index (χ4n) is 3.83. The van der Waals surface area contributed by atoms with Gasteiger partial charge in [-0.3, -0.25) is 9.59 Å². The van der Waals surface area contributed by atoms with Gasteiger partial charge in [0.25, 0.3) is 0 Å². The van der Waals surface area contributed by atoms with Gasteiger partial charge in [-0.2, -0.15) is 0 Å². The van der Waals surface area contributed by atoms with Gasteiger partial charge >= 0.3 is 5.97 Å². The summed E-state index contributed by atoms with van der Waals surface area (Å²) >= 11 is 0. The van der Waals surface area contributed by atoms with E-state index >= 15 is 0 Å². The molecule has 2 aromatic rings. The van der Waals surface area contributed by atoms with E-state index < -0.39 is 6.04 Å². The first-order valence-electron chi connectivity index (χ1n) is 9.58. The molecule has 0 aromatic heterocycles. The van der Waals surface area contributed by atoms with Crippen molar-refractivity contribution in [1.29, 1.82) is 0 Å². The van der Waals surface area contributed by atoms with Crippen LogP contribution < -0.4 is 0 Å². The maximum atomic E-state index is 13.5. The highest BCUT2D eigenvalue weighted by Gasteiger charge is 2.36. The molecule has 1 amide bonds. The number of carbonyl (C=O) groups is 2. The SMILES string of the molecule is COC(=O)C[C@H]1Cc2ccccc2CN1C(=O)[C@@H](N=[N+]=[N-])[C@H](C)c1ccccc1. The molecule has 1 aliphatic heterocycles. The molecule has 0 aliphatic carbocycles. The number of hydrogen-bond acceptors (Lipinski definition) is 4. The lowest BCUT2D eigenvalue weighted by atomic mass is 9.89. The van der Waals surface area contributed by atoms with Crippen molar-refractivity contribution < 1.29 is 14.3 Å². The number of ether oxygens (including phenoxy) is 1. The monoisotopic (exact) mass is 392 g/mol. The molecule has 0 bridgehead atoms. The highest BCUT2D eigenvalue weighted by Crippen LogP contribution is 2.30. The van der Waals surface area contributed by atoms with Crippen molar-refractivity contribution in [2.75, 3.05) is 7.11 Å². The third-order valence-corrected chi connectivity index (χ3v) is 5.50. The first kappa shape index (κ1) is 20.4. The highest BCUT2D eigenvalue weighted by molar-refractivity contribution is 5.84. The summed E-state index contributed by atoms with van der Waals surface area (Å²) in [7, 11) is 1.34. The molecular weight excluding hydrogens is 368 g/mol. The van der Waals surface area contributed by atoms with Crippen LogP contribution in [0.25, 0.3) is 10.4 Å². The number of carbonyl (C=O) groups excluding carboxylic acids is 2. The Morgan fingerprint density at radius 2 is 1.83 bits per heavy atom. The maximum Gasteiger partial charge on any atom is 0.307 e. The Morgan fingerprint density at radius 3 is 2.48 bits per heavy atom. The lowest BCUT2D eigenvalue weighted by Gasteiger charge is -2.38. The molecule has 0 unspecified atom stereocenters. The number of amides is 1. The minimum Gasteiger partial charge on any atom is -0.469 e. The molecule has 29 heavy (non-hydrogen) atoms. The van der Waals surface area contributed by atoms with Gasteiger partial charge in [0.15, 0.2) is 0 Å². The van der Waals surface area contributed by atoms with Crippen LogP contribution in [-0.2, 0) is 27.3 Å². The predicted octanol–water partition coefficient (Wildman–Crippen LogP) is 3.99. The molecular formula is C22H24N4O3. The summed E-state index contributed by atoms with van der Waals surface area (Å²) in [6.45, 7) is 2.25. The van der Waals surface area contributed by atoms with Crippen molar-refractivity contribution in [3.8, 4) is 0 Å². The average molecular weight is 392 g/mol. The van der Waals surface area contributed by atoms with Crippen molar-refractivity contribution in [3.05, 3.63) is 81.7 Å². The maximum absolute atomic E-state index is 13.5. The standard InChI is InChI=1S/C22H24N4O3/c1-15(16-8-4-3-5-9-16)21(24-25-23)22(28)26-14-18-11-7-6-10-17(18)12-19(26)13-20(27)29-2/h3-11,15,19,21H,12-14H2,1-2H3/t15-,19-,21+/m1/s1. The first-order chi connectivity index (χ1) is 14.0. The van der Waals surface area contributed by atoms with Crippen molar-refractivity contribution >= 4 is 11.9 Å². The van der Waals surface area contributed by atoms with Gasteiger partial charge in [0.2, 0.25) is 5.91 Å². The number of hydrogen-bond donors (Lipinski definition) is 0. The van der Waals surface area contributed by atoms with Gasteiger partial charge in [0.1, 0.15) is 6.04 Å². The Morgan fingerprint density at radius 1 is 1.17 bits per heavy atom. The largest absolute Gasteiger partial charge is 0.469 e. The van der Waals surface area contributed by atoms with E-state index in [0.29, 0.717) is 13.0 Å². The molecule has 7 nitrogen and oxygen atoms in total. The normalized spacial score (nSPS) is 17.4. The van der Waals surface area contributed by atoms with Gasteiger partial charge < -0.3 is 9.64 Å². The van der Waals surface area contributed by atoms with Gasteiger partial charge in [0, 0.05) is 17.5 Å². The Labute approximate surface area is 169 Å². The molecule has 0 saturated carbocycles. The minimum absolute atomic E-state index is 0.0965. The third-order valence-electron chi connectivity index (χ3n) is 5.50. The van der Waals surface area contributed by atoms with Crippen LogP contribution in [0.4, 0.5) is 0 Å². The first-order valence-corrected chi connectivity index (χ1v) is 9.58. The molecule has 150 valence electrons. The second-order valence-corrected chi connectivity index (χ2v) is 7.22. The molecule has 0 radical (unpaired) electrons. The lowest BCUT2D eigenvalue weighted by molar-refractivity contribution is -0.144. The fraction of sp³-hybridized carbons (Fsp3) is 0.364. The molecule has 1 aliphatic rings. The summed E-state index contributed by atoms with van der Waals surface area (Å²) in [5, 5.41) is 3.84. The molecule has 0 saturated heterocycles. The van der Waals surface area contributed by atoms with Crippen LogP contribution in [-0.4, -0.2) is 36.0 Å². The van der Waals surface area contributed by atoms with Gasteiger partial charge in [-0.05, 0) is 34.6 Å². The molecule has 0 spiro atoms. The van der Waals surface area contributed by atoms with E-state index in [1.165, 1.54) is 7.11 Å². The van der Waals surface area contributed by atoms with E-state index in [0.717, 1.165) is 16.7 Å². The topological polar surface area (TPSA) is 95.4 Å². The quantitative estimate of drug-likeness (QED) is 0.322. The number of azide groups is 1. The summed E-state index contributed by atoms with van der Waals surface area (Å²) in [6, 6.07) is 16.1. The van der Waals surface area contributed by atoms with E-state index in [2.05, 4.69) is 10.0 Å². The minimum atomic E-state index is -0.896. The second-order valence-electron chi connectivity index (χ2n) is 7.22. The summed E-state index contributed by atoms with van der Waals surface area (Å²) in [4.78, 5) is 30.1. The van der Waals surface area contributed by atoms with Gasteiger partial charge in [-0.1, -0.05) is 66.6 Å². The van der Waals surface area contributed by atoms with Crippen molar-refractivity contribution in [1.82, 2.24) is 4.90 Å². The van der Waals surface area contributed by atoms with Crippen LogP contribution in [0.3, 0.4) is 0 Å². The smallest absolute Gasteiger partial charge is 0.307 e. The lowest BCUT2D eigenvalue weighted by Crippen LogP contribution is -2.49. The van der Waals surface area contributed by atoms with Crippen LogP contribution >= 0.6 is 0 Å². The van der Waals surface area contributed by atoms with E-state index in [9.17, 15) is 9.59 Å². The second kappa shape index (κ2) is 9.26. The van der Waals surface area contributed by atoms with Crippen molar-refractivity contribution in [3.63, 3.8) is 0 Å². The zero-order valence-corrected chi connectivity index (χ0v) is 16.6. The average Bonchev–Trinajstić information content (AvgIpc) is 2.76. The van der Waals surface area contributed by atoms with E-state index in [-0.39, 0.29) is 30.3 Å². The van der Waals surface area contributed by atoms with Gasteiger partial charge in [0.05, 0.1) is 13.5 Å². The number of nitrogens with zero attached hydrogens (tertiary/aromatic N) is 4.